The van der Waals surface area contributed by atoms with E-state index < -0.39 is 23.5 Å². The highest BCUT2D eigenvalue weighted by Gasteiger charge is 2.38. The van der Waals surface area contributed by atoms with Crippen molar-refractivity contribution in [3.05, 3.63) is 403 Å². The summed E-state index contributed by atoms with van der Waals surface area (Å²) in [5.41, 5.74) is 29.5. The number of hydrogen-bond acceptors (Lipinski definition) is 14. The lowest BCUT2D eigenvalue weighted by Gasteiger charge is -2.36. The second kappa shape index (κ2) is 49.2. The second-order valence-corrected chi connectivity index (χ2v) is 42.7. The van der Waals surface area contributed by atoms with Crippen LogP contribution in [-0.2, 0) is 42.8 Å². The van der Waals surface area contributed by atoms with Crippen LogP contribution in [0.1, 0.15) is 138 Å². The fraction of sp³-hybridized carbons (Fsp3) is 0.331. The number of anilines is 6. The van der Waals surface area contributed by atoms with Crippen LogP contribution in [0.5, 0.6) is 0 Å². The summed E-state index contributed by atoms with van der Waals surface area (Å²) in [6.45, 7) is 24.5. The zero-order valence-corrected chi connectivity index (χ0v) is 91.6. The molecule has 9 aliphatic rings. The number of aryl methyl sites for hydroxylation is 4. The number of rotatable bonds is 14. The normalized spacial score (nSPS) is 16.2. The Labute approximate surface area is 882 Å². The van der Waals surface area contributed by atoms with Gasteiger partial charge in [0.25, 0.3) is 0 Å². The van der Waals surface area contributed by atoms with E-state index in [4.69, 9.17) is 14.7 Å². The van der Waals surface area contributed by atoms with Crippen molar-refractivity contribution in [2.45, 2.75) is 144 Å². The Hall–Kier alpha value is -12.7. The molecule has 12 aromatic carbocycles. The molecule has 4 aliphatic carbocycles. The van der Waals surface area contributed by atoms with E-state index in [0.29, 0.717) is 42.2 Å². The largest absolute Gasteiger partial charge is 0.484 e. The van der Waals surface area contributed by atoms with Gasteiger partial charge in [0, 0.05) is 171 Å². The lowest BCUT2D eigenvalue weighted by Crippen LogP contribution is -2.45. The molecular weight excluding hydrogens is 1890 g/mol. The minimum atomic E-state index is -4.34. The molecular formula is C127H145F6N12OS2+. The summed E-state index contributed by atoms with van der Waals surface area (Å²) in [6, 6.07) is 86.3. The molecule has 772 valence electrons. The molecule has 1 fully saturated rings. The van der Waals surface area contributed by atoms with E-state index in [1.54, 1.807) is 46.1 Å². The third-order valence-corrected chi connectivity index (χ3v) is 30.7. The Bertz CT molecular complexity index is 7060. The third-order valence-electron chi connectivity index (χ3n) is 28.4. The molecule has 0 bridgehead atoms. The summed E-state index contributed by atoms with van der Waals surface area (Å²) < 4.78 is 87.5. The third kappa shape index (κ3) is 26.6. The first-order valence-electron chi connectivity index (χ1n) is 52.1. The molecule has 1 saturated heterocycles. The molecule has 0 spiro atoms. The van der Waals surface area contributed by atoms with Crippen LogP contribution in [0.4, 0.5) is 66.2 Å². The fourth-order valence-electron chi connectivity index (χ4n) is 20.3. The number of fused-ring (bicyclic) bond motifs is 14. The highest BCUT2D eigenvalue weighted by molar-refractivity contribution is 8.00. The van der Waals surface area contributed by atoms with Crippen LogP contribution < -0.4 is 30.2 Å². The average Bonchev–Trinajstić information content (AvgIpc) is 0.813. The number of allylic oxidation sites excluding steroid dienone is 4. The first-order chi connectivity index (χ1) is 71.1. The number of likely N-dealkylation sites (N-methyl/N-ethyl adjacent to an activating group) is 3. The van der Waals surface area contributed by atoms with Gasteiger partial charge in [0.15, 0.2) is 0 Å². The SMILES string of the molecule is CC.CC.CC(CC1c2ccccc2CCc2ccccc21)CN(C)C.CC(CN1c2ccccc2Sc2ccc(C(F)(F)F)cc21)N(C)C.CN(C)C1=CC2OC3=CC(=[N+](C)C)C=CC3=CC2C=C1.CN(C)c1ccc2cc3ccc(N(C)C)cc3nc2c1.CN1CCN(CCCN2c3ccccc3Sc3ccc(C(F)(F)F)cc32)CC1.Cc1ccc2c(c1)Cc1cc(C)ccc1C2=c1ccc2c(c1)Cc1ccccc1N=2. The van der Waals surface area contributed by atoms with Crippen LogP contribution in [0.25, 0.3) is 27.4 Å². The van der Waals surface area contributed by atoms with Gasteiger partial charge in [-0.25, -0.2) is 14.6 Å². The fourth-order valence-corrected chi connectivity index (χ4v) is 22.5. The molecule has 13 aromatic rings. The molecule has 6 heterocycles. The van der Waals surface area contributed by atoms with Gasteiger partial charge >= 0.3 is 12.4 Å². The summed E-state index contributed by atoms with van der Waals surface area (Å²) in [5, 5.41) is 4.75. The number of nitrogens with zero attached hydrogens (tertiary/aromatic N) is 12. The van der Waals surface area contributed by atoms with Crippen LogP contribution in [0.3, 0.4) is 0 Å². The Morgan fingerprint density at radius 3 is 1.55 bits per heavy atom. The maximum atomic E-state index is 13.3. The summed E-state index contributed by atoms with van der Waals surface area (Å²) in [7, 11) is 26.8. The molecule has 148 heavy (non-hydrogen) atoms. The first kappa shape index (κ1) is 109. The molecule has 0 radical (unpaired) electrons. The topological polar surface area (TPSA) is 66.7 Å². The lowest BCUT2D eigenvalue weighted by atomic mass is 9.80. The number of pyridine rings is 1. The Morgan fingerprint density at radius 2 is 1.01 bits per heavy atom. The van der Waals surface area contributed by atoms with E-state index in [1.165, 1.54) is 144 Å². The number of ether oxygens (including phenoxy) is 1. The van der Waals surface area contributed by atoms with Gasteiger partial charge in [0.1, 0.15) is 26.0 Å². The predicted molar refractivity (Wildman–Crippen MR) is 609 cm³/mol. The van der Waals surface area contributed by atoms with Gasteiger partial charge in [-0.15, -0.1) is 0 Å². The number of aromatic nitrogens is 1. The van der Waals surface area contributed by atoms with E-state index >= 15 is 0 Å². The van der Waals surface area contributed by atoms with Crippen LogP contribution in [0.2, 0.25) is 0 Å². The van der Waals surface area contributed by atoms with E-state index in [-0.39, 0.29) is 12.1 Å². The number of halogens is 6. The average molecular weight is 2030 g/mol. The van der Waals surface area contributed by atoms with E-state index in [9.17, 15) is 26.3 Å². The summed E-state index contributed by atoms with van der Waals surface area (Å²) in [4.78, 5) is 33.1. The van der Waals surface area contributed by atoms with Gasteiger partial charge in [-0.3, -0.25) is 0 Å². The van der Waals surface area contributed by atoms with E-state index in [0.717, 1.165) is 123 Å². The monoisotopic (exact) mass is 2030 g/mol. The highest BCUT2D eigenvalue weighted by Crippen LogP contribution is 2.53. The molecule has 4 atom stereocenters. The van der Waals surface area contributed by atoms with Crippen molar-refractivity contribution in [2.75, 3.05) is 164 Å². The molecule has 0 amide bonds. The maximum absolute atomic E-state index is 13.3. The van der Waals surface area contributed by atoms with Crippen LogP contribution >= 0.6 is 23.5 Å². The Kier molecular flexibility index (Phi) is 36.3. The predicted octanol–water partition coefficient (Wildman–Crippen LogP) is 27.7. The van der Waals surface area contributed by atoms with Crippen molar-refractivity contribution < 1.29 is 35.7 Å². The minimum Gasteiger partial charge on any atom is -0.484 e. The molecule has 4 unspecified atom stereocenters. The van der Waals surface area contributed by atoms with Gasteiger partial charge in [-0.1, -0.05) is 227 Å². The highest BCUT2D eigenvalue weighted by atomic mass is 32.2. The zero-order valence-electron chi connectivity index (χ0n) is 89.9. The molecule has 0 N–H and O–H groups in total. The van der Waals surface area contributed by atoms with Crippen molar-refractivity contribution in [3.63, 3.8) is 0 Å². The van der Waals surface area contributed by atoms with Crippen molar-refractivity contribution in [1.82, 2.24) is 29.5 Å². The first-order valence-corrected chi connectivity index (χ1v) is 53.7. The van der Waals surface area contributed by atoms with Gasteiger partial charge in [0.05, 0.1) is 62.0 Å². The quantitative estimate of drug-likeness (QED) is 0.0590. The number of alkyl halides is 6. The van der Waals surface area contributed by atoms with Gasteiger partial charge < -0.3 is 48.8 Å². The maximum Gasteiger partial charge on any atom is 0.416 e. The summed E-state index contributed by atoms with van der Waals surface area (Å²) in [6.07, 6.45) is 13.1. The molecule has 1 aromatic heterocycles. The van der Waals surface area contributed by atoms with E-state index in [2.05, 4.69) is 319 Å². The minimum absolute atomic E-state index is 0.0994. The standard InChI is InChI=1S/C29H23N.C21H24F3N3S.C21H27N.C18H19F3N2S.C17H19N3.C17H21N2O.2C2H6/c1-18-7-10-25-22(13-18)17-23-14-19(2)8-11-26(23)29(25)21-9-12-28-24(16-21)15-20-5-3-4-6-27(20)30-28;1-25-11-13-26(14-12-25)9-4-10-27-17-5-2-3-6-19(17)28-20-8-7-16(15-18(20)27)21(22,23)24;1-16(15-22(2)3)14-21-19-10-6-4-8-17(19)12-13-18-9-5-7-11-20(18)21;1-12(22(2)3)11-23-14-6-4-5-7-16(14)24-17-9-8-13(10-15(17)23)18(19,20)21;1-19(2)14-7-5-12-9-13-6-8-15(20(3)4)11-17(13)18-16(12)10-14;1-18(2)14-7-5-12-9-13-6-8-15(19(3)4)11-17(13)20-16(12)10-14;2*1-2/h3-14,16H,15,17H2,1-2H3;2-3,5-8,15H,4,9-14H2,1H3;4-11,16,21H,12-15H2,1-3H3;4-10,12H,11H2,1-3H3;5-11H,1-4H3;5-12,16H,1-4H3;2*1-2H3/q;;;;;+1;;. The smallest absolute Gasteiger partial charge is 0.416 e. The zero-order chi connectivity index (χ0) is 106. The lowest BCUT2D eigenvalue weighted by molar-refractivity contribution is -0.462. The van der Waals surface area contributed by atoms with Crippen LogP contribution in [0, 0.1) is 25.7 Å². The van der Waals surface area contributed by atoms with Crippen molar-refractivity contribution in [2.24, 2.45) is 16.8 Å². The van der Waals surface area contributed by atoms with Crippen LogP contribution in [0.15, 0.2) is 339 Å². The molecule has 0 saturated carbocycles. The number of para-hydroxylation sites is 3. The Morgan fingerprint density at radius 1 is 0.486 bits per heavy atom. The molecule has 5 aliphatic heterocycles. The van der Waals surface area contributed by atoms with Gasteiger partial charge in [-0.2, -0.15) is 26.3 Å². The van der Waals surface area contributed by atoms with Gasteiger partial charge in [-0.05, 0) is 294 Å². The van der Waals surface area contributed by atoms with Crippen LogP contribution in [-0.4, -0.2) is 196 Å². The van der Waals surface area contributed by atoms with E-state index in [1.807, 2.05) is 138 Å². The molecule has 13 nitrogen and oxygen atoms in total. The summed E-state index contributed by atoms with van der Waals surface area (Å²) >= 11 is 3.06. The van der Waals surface area contributed by atoms with Gasteiger partial charge in [0.2, 0.25) is 5.71 Å². The Balaban J connectivity index is 0.000000133. The van der Waals surface area contributed by atoms with Crippen molar-refractivity contribution >= 4 is 96.4 Å². The molecule has 22 rings (SSSR count). The number of benzene rings is 12. The van der Waals surface area contributed by atoms with Crippen molar-refractivity contribution in [1.29, 1.82) is 0 Å². The number of piperazine rings is 1. The second-order valence-electron chi connectivity index (χ2n) is 40.6. The summed E-state index contributed by atoms with van der Waals surface area (Å²) in [5.74, 6) is 2.54. The number of hydrogen-bond donors (Lipinski definition) is 0. The van der Waals surface area contributed by atoms with Crippen molar-refractivity contribution in [3.8, 4) is 0 Å². The molecule has 21 heteroatoms.